The van der Waals surface area contributed by atoms with Gasteiger partial charge >= 0.3 is 0 Å². The maximum atomic E-state index is 14.5. The number of aromatic nitrogens is 3. The second-order valence-corrected chi connectivity index (χ2v) is 8.96. The van der Waals surface area contributed by atoms with Crippen molar-refractivity contribution in [3.8, 4) is 21.6 Å². The van der Waals surface area contributed by atoms with Crippen molar-refractivity contribution in [2.45, 2.75) is 38.6 Å². The molecule has 3 heterocycles. The molecule has 1 aromatic carbocycles. The molecule has 3 aromatic heterocycles. The smallest absolute Gasteiger partial charge is 0.183 e. The monoisotopic (exact) mass is 424 g/mol. The first-order valence-corrected chi connectivity index (χ1v) is 11.0. The first-order chi connectivity index (χ1) is 14.6. The Balaban J connectivity index is 1.50. The molecule has 0 amide bonds. The second kappa shape index (κ2) is 7.80. The van der Waals surface area contributed by atoms with Crippen molar-refractivity contribution in [3.63, 3.8) is 0 Å². The summed E-state index contributed by atoms with van der Waals surface area (Å²) in [6.45, 7) is 2.23. The minimum Gasteiger partial charge on any atom is -0.359 e. The van der Waals surface area contributed by atoms with Gasteiger partial charge in [-0.05, 0) is 43.9 Å². The quantitative estimate of drug-likeness (QED) is 0.403. The van der Waals surface area contributed by atoms with Crippen molar-refractivity contribution in [1.29, 1.82) is 0 Å². The van der Waals surface area contributed by atoms with Crippen molar-refractivity contribution in [1.82, 2.24) is 14.4 Å². The Labute approximate surface area is 177 Å². The molecule has 4 nitrogen and oxygen atoms in total. The highest BCUT2D eigenvalue weighted by Crippen LogP contribution is 2.36. The van der Waals surface area contributed by atoms with Gasteiger partial charge in [0.05, 0.1) is 4.88 Å². The standard InChI is InChI=1S/C23H22F2N4S/c1-14(15-4-2-3-5-15)28-23-27-12-21(30-23)16-10-19(22-26-8-9-29(22)13-16)18-7-6-17(24)11-20(18)25/h6-15H,2-5H2,1H3,(H,27,28). The summed E-state index contributed by atoms with van der Waals surface area (Å²) in [5, 5.41) is 4.45. The lowest BCUT2D eigenvalue weighted by atomic mass is 10.0. The van der Waals surface area contributed by atoms with Crippen LogP contribution in [0.2, 0.25) is 0 Å². The highest BCUT2D eigenvalue weighted by Gasteiger charge is 2.22. The van der Waals surface area contributed by atoms with E-state index >= 15 is 0 Å². The molecule has 1 unspecified atom stereocenters. The number of benzene rings is 1. The Morgan fingerprint density at radius 2 is 1.97 bits per heavy atom. The summed E-state index contributed by atoms with van der Waals surface area (Å²) in [7, 11) is 0. The minimum absolute atomic E-state index is 0.326. The minimum atomic E-state index is -0.603. The summed E-state index contributed by atoms with van der Waals surface area (Å²) in [5.41, 5.74) is 2.49. The van der Waals surface area contributed by atoms with Gasteiger partial charge in [-0.3, -0.25) is 0 Å². The van der Waals surface area contributed by atoms with Gasteiger partial charge in [0.1, 0.15) is 17.3 Å². The van der Waals surface area contributed by atoms with E-state index in [1.54, 1.807) is 17.5 Å². The summed E-state index contributed by atoms with van der Waals surface area (Å²) < 4.78 is 29.8. The van der Waals surface area contributed by atoms with Crippen LogP contribution in [0.1, 0.15) is 32.6 Å². The summed E-state index contributed by atoms with van der Waals surface area (Å²) in [5.74, 6) is -0.497. The Hall–Kier alpha value is -2.80. The highest BCUT2D eigenvalue weighted by atomic mass is 32.1. The molecule has 7 heteroatoms. The third kappa shape index (κ3) is 3.58. The summed E-state index contributed by atoms with van der Waals surface area (Å²) in [6, 6.07) is 5.92. The highest BCUT2D eigenvalue weighted by molar-refractivity contribution is 7.18. The number of thiazole rings is 1. The van der Waals surface area contributed by atoms with Gasteiger partial charge in [-0.2, -0.15) is 0 Å². The third-order valence-corrected chi connectivity index (χ3v) is 6.93. The van der Waals surface area contributed by atoms with E-state index < -0.39 is 11.6 Å². The maximum absolute atomic E-state index is 14.5. The summed E-state index contributed by atoms with van der Waals surface area (Å²) >= 11 is 1.59. The van der Waals surface area contributed by atoms with Gasteiger partial charge in [-0.15, -0.1) is 0 Å². The van der Waals surface area contributed by atoms with Gasteiger partial charge in [0, 0.05) is 53.6 Å². The van der Waals surface area contributed by atoms with Crippen molar-refractivity contribution < 1.29 is 8.78 Å². The van der Waals surface area contributed by atoms with E-state index in [1.165, 1.54) is 37.8 Å². The van der Waals surface area contributed by atoms with Crippen molar-refractivity contribution in [2.75, 3.05) is 5.32 Å². The van der Waals surface area contributed by atoms with Crippen LogP contribution in [0, 0.1) is 17.6 Å². The van der Waals surface area contributed by atoms with Crippen molar-refractivity contribution >= 4 is 22.1 Å². The molecule has 0 bridgehead atoms. The van der Waals surface area contributed by atoms with Crippen molar-refractivity contribution in [2.24, 2.45) is 5.92 Å². The fourth-order valence-electron chi connectivity index (χ4n) is 4.32. The predicted molar refractivity (Wildman–Crippen MR) is 117 cm³/mol. The van der Waals surface area contributed by atoms with E-state index in [4.69, 9.17) is 0 Å². The number of hydrogen-bond acceptors (Lipinski definition) is 4. The van der Waals surface area contributed by atoms with Crippen molar-refractivity contribution in [3.05, 3.63) is 60.7 Å². The van der Waals surface area contributed by atoms with Gasteiger partial charge in [0.25, 0.3) is 0 Å². The summed E-state index contributed by atoms with van der Waals surface area (Å²) in [6.07, 6.45) is 12.5. The molecule has 1 aliphatic rings. The third-order valence-electron chi connectivity index (χ3n) is 5.96. The molecule has 0 spiro atoms. The fourth-order valence-corrected chi connectivity index (χ4v) is 5.21. The Bertz CT molecular complexity index is 1190. The van der Waals surface area contributed by atoms with Crippen LogP contribution < -0.4 is 5.32 Å². The van der Waals surface area contributed by atoms with Gasteiger partial charge in [-0.1, -0.05) is 24.2 Å². The number of imidazole rings is 1. The van der Waals surface area contributed by atoms with Gasteiger partial charge < -0.3 is 9.72 Å². The lowest BCUT2D eigenvalue weighted by Crippen LogP contribution is -2.23. The first-order valence-electron chi connectivity index (χ1n) is 10.2. The van der Waals surface area contributed by atoms with E-state index in [0.717, 1.165) is 21.6 Å². The van der Waals surface area contributed by atoms with Crippen LogP contribution in [0.3, 0.4) is 0 Å². The van der Waals surface area contributed by atoms with Crippen LogP contribution in [0.15, 0.2) is 49.1 Å². The molecule has 5 rings (SSSR count). The van der Waals surface area contributed by atoms with Gasteiger partial charge in [0.2, 0.25) is 0 Å². The molecule has 30 heavy (non-hydrogen) atoms. The molecular formula is C23H22F2N4S. The maximum Gasteiger partial charge on any atom is 0.183 e. The molecule has 1 atom stereocenters. The molecule has 1 saturated carbocycles. The van der Waals surface area contributed by atoms with Crippen LogP contribution in [0.5, 0.6) is 0 Å². The molecule has 4 aromatic rings. The SMILES string of the molecule is CC(Nc1ncc(-c2cc(-c3ccc(F)cc3F)c3nccn3c2)s1)C1CCCC1. The number of anilines is 1. The number of fused-ring (bicyclic) bond motifs is 1. The predicted octanol–water partition coefficient (Wildman–Crippen LogP) is 6.39. The average molecular weight is 425 g/mol. The zero-order valence-corrected chi connectivity index (χ0v) is 17.4. The van der Waals surface area contributed by atoms with E-state index in [-0.39, 0.29) is 0 Å². The van der Waals surface area contributed by atoms with E-state index in [2.05, 4.69) is 22.2 Å². The Morgan fingerprint density at radius 3 is 2.77 bits per heavy atom. The average Bonchev–Trinajstić information content (AvgIpc) is 3.48. The van der Waals surface area contributed by atoms with Gasteiger partial charge in [0.15, 0.2) is 5.13 Å². The lowest BCUT2D eigenvalue weighted by molar-refractivity contribution is 0.482. The molecule has 0 radical (unpaired) electrons. The molecule has 1 N–H and O–H groups in total. The van der Waals surface area contributed by atoms with Crippen LogP contribution >= 0.6 is 11.3 Å². The molecule has 0 aliphatic heterocycles. The number of pyridine rings is 1. The Morgan fingerprint density at radius 1 is 1.13 bits per heavy atom. The van der Waals surface area contributed by atoms with Crippen LogP contribution in [-0.2, 0) is 0 Å². The number of nitrogens with one attached hydrogen (secondary N) is 1. The normalized spacial score (nSPS) is 15.7. The van der Waals surface area contributed by atoms with E-state index in [1.807, 2.05) is 29.1 Å². The largest absolute Gasteiger partial charge is 0.359 e. The topological polar surface area (TPSA) is 42.2 Å². The van der Waals surface area contributed by atoms with Crippen LogP contribution in [-0.4, -0.2) is 20.4 Å². The molecular weight excluding hydrogens is 402 g/mol. The van der Waals surface area contributed by atoms with E-state index in [9.17, 15) is 8.78 Å². The number of halogens is 2. The van der Waals surface area contributed by atoms with Crippen LogP contribution in [0.4, 0.5) is 13.9 Å². The lowest BCUT2D eigenvalue weighted by Gasteiger charge is -2.19. The molecule has 0 saturated heterocycles. The van der Waals surface area contributed by atoms with Crippen LogP contribution in [0.25, 0.3) is 27.2 Å². The molecule has 1 aliphatic carbocycles. The van der Waals surface area contributed by atoms with E-state index in [0.29, 0.717) is 28.7 Å². The Kier molecular flexibility index (Phi) is 4.98. The number of rotatable bonds is 5. The molecule has 154 valence electrons. The van der Waals surface area contributed by atoms with Gasteiger partial charge in [-0.25, -0.2) is 18.7 Å². The molecule has 1 fully saturated rings. The second-order valence-electron chi connectivity index (χ2n) is 7.93. The zero-order chi connectivity index (χ0) is 20.7. The summed E-state index contributed by atoms with van der Waals surface area (Å²) in [4.78, 5) is 9.90. The zero-order valence-electron chi connectivity index (χ0n) is 16.6. The number of hydrogen-bond donors (Lipinski definition) is 1. The number of nitrogens with zero attached hydrogens (tertiary/aromatic N) is 3. The first kappa shape index (κ1) is 19.2. The fraction of sp³-hybridized carbons (Fsp3) is 0.304.